The minimum atomic E-state index is -0.395. The minimum Gasteiger partial charge on any atom is -0.497 e. The van der Waals surface area contributed by atoms with Crippen molar-refractivity contribution >= 4 is 23.6 Å². The number of nitrogens with one attached hydrogen (secondary N) is 1. The quantitative estimate of drug-likeness (QED) is 0.890. The molecule has 22 heavy (non-hydrogen) atoms. The number of hydrogen-bond donors (Lipinski definition) is 1. The maximum atomic E-state index is 11.9. The Morgan fingerprint density at radius 2 is 1.73 bits per heavy atom. The molecule has 0 aliphatic carbocycles. The summed E-state index contributed by atoms with van der Waals surface area (Å²) in [5.74, 6) is 0.970. The summed E-state index contributed by atoms with van der Waals surface area (Å²) in [7, 11) is 1.56. The molecule has 0 unspecified atom stereocenters. The van der Waals surface area contributed by atoms with E-state index in [2.05, 4.69) is 5.32 Å². The van der Waals surface area contributed by atoms with E-state index in [0.29, 0.717) is 11.3 Å². The number of imide groups is 1. The number of hydrogen-bond acceptors (Lipinski definition) is 4. The third-order valence-electron chi connectivity index (χ3n) is 2.95. The second kappa shape index (κ2) is 8.24. The van der Waals surface area contributed by atoms with Crippen LogP contribution in [0.25, 0.3) is 0 Å². The van der Waals surface area contributed by atoms with Gasteiger partial charge < -0.3 is 4.74 Å². The summed E-state index contributed by atoms with van der Waals surface area (Å²) in [4.78, 5) is 23.7. The van der Waals surface area contributed by atoms with Crippen molar-refractivity contribution in [1.82, 2.24) is 5.32 Å². The normalized spacial score (nSPS) is 10.0. The summed E-state index contributed by atoms with van der Waals surface area (Å²) in [6, 6.07) is 16.5. The lowest BCUT2D eigenvalue weighted by Crippen LogP contribution is -2.31. The van der Waals surface area contributed by atoms with E-state index in [1.54, 1.807) is 31.4 Å². The molecule has 2 rings (SSSR count). The maximum absolute atomic E-state index is 11.9. The standard InChI is InChI=1S/C17H17NO3S/c1-21-15-9-7-14(8-10-15)17(20)18-16(19)12-22-11-13-5-3-2-4-6-13/h2-10H,11-12H2,1H3,(H,18,19,20). The fraction of sp³-hybridized carbons (Fsp3) is 0.176. The molecule has 0 aliphatic rings. The number of rotatable bonds is 6. The number of amides is 2. The van der Waals surface area contributed by atoms with Gasteiger partial charge in [0.1, 0.15) is 5.75 Å². The van der Waals surface area contributed by atoms with E-state index < -0.39 is 5.91 Å². The van der Waals surface area contributed by atoms with Gasteiger partial charge in [-0.25, -0.2) is 0 Å². The van der Waals surface area contributed by atoms with E-state index in [4.69, 9.17) is 4.74 Å². The molecule has 114 valence electrons. The first-order valence-corrected chi connectivity index (χ1v) is 7.94. The van der Waals surface area contributed by atoms with Crippen molar-refractivity contribution in [2.24, 2.45) is 0 Å². The molecule has 0 radical (unpaired) electrons. The highest BCUT2D eigenvalue weighted by Gasteiger charge is 2.10. The summed E-state index contributed by atoms with van der Waals surface area (Å²) in [6.45, 7) is 0. The van der Waals surface area contributed by atoms with Crippen molar-refractivity contribution in [3.63, 3.8) is 0 Å². The van der Waals surface area contributed by atoms with Crippen LogP contribution in [0.4, 0.5) is 0 Å². The van der Waals surface area contributed by atoms with Gasteiger partial charge in [-0.1, -0.05) is 30.3 Å². The van der Waals surface area contributed by atoms with Gasteiger partial charge in [0.05, 0.1) is 12.9 Å². The maximum Gasteiger partial charge on any atom is 0.257 e. The van der Waals surface area contributed by atoms with Crippen LogP contribution in [0.15, 0.2) is 54.6 Å². The average Bonchev–Trinajstić information content (AvgIpc) is 2.56. The molecule has 0 aromatic heterocycles. The second-order valence-corrected chi connectivity index (χ2v) is 5.57. The molecule has 0 saturated carbocycles. The molecule has 1 N–H and O–H groups in total. The first-order valence-electron chi connectivity index (χ1n) is 6.79. The van der Waals surface area contributed by atoms with Crippen LogP contribution in [0, 0.1) is 0 Å². The smallest absolute Gasteiger partial charge is 0.257 e. The van der Waals surface area contributed by atoms with Crippen LogP contribution in [0.1, 0.15) is 15.9 Å². The Hall–Kier alpha value is -2.27. The number of benzene rings is 2. The topological polar surface area (TPSA) is 55.4 Å². The van der Waals surface area contributed by atoms with Crippen molar-refractivity contribution in [2.45, 2.75) is 5.75 Å². The molecule has 0 atom stereocenters. The third kappa shape index (κ3) is 4.93. The van der Waals surface area contributed by atoms with Gasteiger partial charge in [0.25, 0.3) is 5.91 Å². The van der Waals surface area contributed by atoms with Crippen LogP contribution in [0.5, 0.6) is 5.75 Å². The van der Waals surface area contributed by atoms with Crippen molar-refractivity contribution in [1.29, 1.82) is 0 Å². The van der Waals surface area contributed by atoms with Gasteiger partial charge in [0, 0.05) is 11.3 Å². The molecule has 0 aliphatic heterocycles. The molecule has 0 bridgehead atoms. The fourth-order valence-corrected chi connectivity index (χ4v) is 2.60. The molecular weight excluding hydrogens is 298 g/mol. The Morgan fingerprint density at radius 3 is 2.36 bits per heavy atom. The molecule has 5 heteroatoms. The van der Waals surface area contributed by atoms with Crippen LogP contribution in [0.3, 0.4) is 0 Å². The first kappa shape index (κ1) is 16.1. The Kier molecular flexibility index (Phi) is 6.03. The van der Waals surface area contributed by atoms with E-state index in [0.717, 1.165) is 11.3 Å². The Balaban J connectivity index is 1.77. The largest absolute Gasteiger partial charge is 0.497 e. The minimum absolute atomic E-state index is 0.247. The van der Waals surface area contributed by atoms with Crippen molar-refractivity contribution < 1.29 is 14.3 Å². The number of methoxy groups -OCH3 is 1. The predicted molar refractivity (Wildman–Crippen MR) is 88.1 cm³/mol. The van der Waals surface area contributed by atoms with E-state index in [9.17, 15) is 9.59 Å². The summed E-state index contributed by atoms with van der Waals surface area (Å²) in [5.41, 5.74) is 1.59. The van der Waals surface area contributed by atoms with Crippen LogP contribution in [-0.2, 0) is 10.5 Å². The molecule has 0 heterocycles. The summed E-state index contributed by atoms with van der Waals surface area (Å²) < 4.78 is 5.02. The Morgan fingerprint density at radius 1 is 1.05 bits per heavy atom. The molecule has 2 amide bonds. The molecule has 2 aromatic carbocycles. The van der Waals surface area contributed by atoms with Gasteiger partial charge in [-0.3, -0.25) is 14.9 Å². The van der Waals surface area contributed by atoms with Gasteiger partial charge in [0.15, 0.2) is 0 Å². The summed E-state index contributed by atoms with van der Waals surface area (Å²) >= 11 is 1.47. The van der Waals surface area contributed by atoms with Crippen molar-refractivity contribution in [2.75, 3.05) is 12.9 Å². The highest BCUT2D eigenvalue weighted by molar-refractivity contribution is 7.99. The molecule has 0 saturated heterocycles. The molecule has 0 spiro atoms. The fourth-order valence-electron chi connectivity index (χ4n) is 1.81. The summed E-state index contributed by atoms with van der Waals surface area (Å²) in [5, 5.41) is 2.38. The molecular formula is C17H17NO3S. The van der Waals surface area contributed by atoms with Crippen LogP contribution in [0.2, 0.25) is 0 Å². The zero-order chi connectivity index (χ0) is 15.8. The van der Waals surface area contributed by atoms with Gasteiger partial charge in [-0.2, -0.15) is 0 Å². The second-order valence-electron chi connectivity index (χ2n) is 4.58. The molecule has 0 fully saturated rings. The number of carbonyl (C=O) groups excluding carboxylic acids is 2. The Labute approximate surface area is 133 Å². The van der Waals surface area contributed by atoms with E-state index in [1.807, 2.05) is 30.3 Å². The molecule has 4 nitrogen and oxygen atoms in total. The van der Waals surface area contributed by atoms with Gasteiger partial charge in [0.2, 0.25) is 5.91 Å². The van der Waals surface area contributed by atoms with Gasteiger partial charge in [-0.05, 0) is 29.8 Å². The predicted octanol–water partition coefficient (Wildman–Crippen LogP) is 2.89. The van der Waals surface area contributed by atoms with Crippen molar-refractivity contribution in [3.05, 3.63) is 65.7 Å². The molecule has 2 aromatic rings. The van der Waals surface area contributed by atoms with Crippen LogP contribution >= 0.6 is 11.8 Å². The first-order chi connectivity index (χ1) is 10.7. The highest BCUT2D eigenvalue weighted by Crippen LogP contribution is 2.12. The van der Waals surface area contributed by atoms with Gasteiger partial charge >= 0.3 is 0 Å². The third-order valence-corrected chi connectivity index (χ3v) is 3.95. The number of ether oxygens (including phenoxy) is 1. The summed E-state index contributed by atoms with van der Waals surface area (Å²) in [6.07, 6.45) is 0. The number of thioether (sulfide) groups is 1. The van der Waals surface area contributed by atoms with Crippen molar-refractivity contribution in [3.8, 4) is 5.75 Å². The Bertz CT molecular complexity index is 626. The number of carbonyl (C=O) groups is 2. The van der Waals surface area contributed by atoms with E-state index >= 15 is 0 Å². The highest BCUT2D eigenvalue weighted by atomic mass is 32.2. The zero-order valence-electron chi connectivity index (χ0n) is 12.2. The lowest BCUT2D eigenvalue weighted by molar-refractivity contribution is -0.117. The van der Waals surface area contributed by atoms with Gasteiger partial charge in [-0.15, -0.1) is 11.8 Å². The monoisotopic (exact) mass is 315 g/mol. The average molecular weight is 315 g/mol. The van der Waals surface area contributed by atoms with E-state index in [-0.39, 0.29) is 11.7 Å². The lowest BCUT2D eigenvalue weighted by Gasteiger charge is -2.05. The lowest BCUT2D eigenvalue weighted by atomic mass is 10.2. The zero-order valence-corrected chi connectivity index (χ0v) is 13.1. The van der Waals surface area contributed by atoms with Crippen LogP contribution < -0.4 is 10.1 Å². The van der Waals surface area contributed by atoms with E-state index in [1.165, 1.54) is 11.8 Å². The SMILES string of the molecule is COc1ccc(C(=O)NC(=O)CSCc2ccccc2)cc1. The van der Waals surface area contributed by atoms with Crippen LogP contribution in [-0.4, -0.2) is 24.7 Å².